The number of rotatable bonds is 4. The number of anilines is 1. The van der Waals surface area contributed by atoms with E-state index in [0.717, 1.165) is 17.4 Å². The minimum absolute atomic E-state index is 0.0267. The largest absolute Gasteiger partial charge is 0.306 e. The maximum Gasteiger partial charge on any atom is 0.306 e. The van der Waals surface area contributed by atoms with E-state index in [1.54, 1.807) is 6.92 Å². The van der Waals surface area contributed by atoms with Crippen molar-refractivity contribution in [2.45, 2.75) is 18.7 Å². The summed E-state index contributed by atoms with van der Waals surface area (Å²) in [4.78, 5) is 9.33. The van der Waals surface area contributed by atoms with Crippen molar-refractivity contribution in [3.63, 3.8) is 0 Å². The van der Waals surface area contributed by atoms with E-state index in [0.29, 0.717) is 11.1 Å². The average Bonchev–Trinajstić information content (AvgIpc) is 2.72. The highest BCUT2D eigenvalue weighted by molar-refractivity contribution is 7.93. The fourth-order valence-electron chi connectivity index (χ4n) is 1.58. The molecule has 11 heteroatoms. The highest BCUT2D eigenvalue weighted by Crippen LogP contribution is 2.27. The number of nitrogens with one attached hydrogen (secondary N) is 1. The molecule has 0 unspecified atom stereocenters. The summed E-state index contributed by atoms with van der Waals surface area (Å²) in [5.41, 5.74) is -0.860. The van der Waals surface area contributed by atoms with Gasteiger partial charge in [-0.3, -0.25) is 14.8 Å². The highest BCUT2D eigenvalue weighted by Gasteiger charge is 2.25. The molecular formula is C10H9FN4O4S2. The van der Waals surface area contributed by atoms with Crippen LogP contribution in [0.5, 0.6) is 0 Å². The van der Waals surface area contributed by atoms with Gasteiger partial charge in [-0.05, 0) is 25.5 Å². The fraction of sp³-hybridized carbons (Fsp3) is 0.200. The number of benzene rings is 1. The van der Waals surface area contributed by atoms with Gasteiger partial charge in [0.15, 0.2) is 0 Å². The van der Waals surface area contributed by atoms with E-state index in [-0.39, 0.29) is 15.6 Å². The van der Waals surface area contributed by atoms with Gasteiger partial charge in [0.05, 0.1) is 9.82 Å². The number of aromatic nitrogens is 2. The number of aryl methyl sites for hydroxylation is 2. The Hall–Kier alpha value is -2.14. The van der Waals surface area contributed by atoms with E-state index in [9.17, 15) is 22.9 Å². The maximum absolute atomic E-state index is 13.4. The quantitative estimate of drug-likeness (QED) is 0.676. The third-order valence-electron chi connectivity index (χ3n) is 2.48. The van der Waals surface area contributed by atoms with E-state index < -0.39 is 26.5 Å². The molecule has 0 spiro atoms. The summed E-state index contributed by atoms with van der Waals surface area (Å²) in [5.74, 6) is -1.09. The first-order chi connectivity index (χ1) is 9.70. The molecule has 1 aromatic carbocycles. The Labute approximate surface area is 122 Å². The molecule has 0 saturated heterocycles. The Morgan fingerprint density at radius 2 is 2.00 bits per heavy atom. The van der Waals surface area contributed by atoms with Crippen molar-refractivity contribution in [3.8, 4) is 0 Å². The standard InChI is InChI=1S/C10H9FN4O4S2/c1-5-3-7(11)8(15(16)17)4-9(5)21(18,19)14-10-13-12-6(2)20-10/h3-4H,1-2H3,(H,13,14). The Morgan fingerprint density at radius 3 is 2.52 bits per heavy atom. The third-order valence-corrected chi connectivity index (χ3v) is 4.84. The van der Waals surface area contributed by atoms with E-state index >= 15 is 0 Å². The van der Waals surface area contributed by atoms with Gasteiger partial charge in [-0.25, -0.2) is 8.42 Å². The Morgan fingerprint density at radius 1 is 1.33 bits per heavy atom. The van der Waals surface area contributed by atoms with Crippen LogP contribution in [0.4, 0.5) is 15.2 Å². The lowest BCUT2D eigenvalue weighted by molar-refractivity contribution is -0.387. The zero-order valence-electron chi connectivity index (χ0n) is 10.8. The molecule has 0 aliphatic heterocycles. The summed E-state index contributed by atoms with van der Waals surface area (Å²) in [7, 11) is -4.12. The molecule has 2 rings (SSSR count). The summed E-state index contributed by atoms with van der Waals surface area (Å²) in [6, 6.07) is 1.49. The van der Waals surface area contributed by atoms with Crippen LogP contribution in [-0.4, -0.2) is 23.5 Å². The first-order valence-corrected chi connectivity index (χ1v) is 7.78. The predicted molar refractivity (Wildman–Crippen MR) is 73.2 cm³/mol. The molecule has 0 aliphatic rings. The van der Waals surface area contributed by atoms with Gasteiger partial charge in [-0.2, -0.15) is 4.39 Å². The molecule has 0 radical (unpaired) electrons. The molecule has 0 amide bonds. The number of nitro benzene ring substituents is 1. The van der Waals surface area contributed by atoms with Gasteiger partial charge in [-0.1, -0.05) is 11.3 Å². The van der Waals surface area contributed by atoms with Gasteiger partial charge in [0.1, 0.15) is 5.01 Å². The molecule has 0 bridgehead atoms. The summed E-state index contributed by atoms with van der Waals surface area (Å²) in [6.45, 7) is 2.98. The predicted octanol–water partition coefficient (Wildman–Crippen LogP) is 2.00. The average molecular weight is 332 g/mol. The normalized spacial score (nSPS) is 11.4. The first kappa shape index (κ1) is 15.3. The van der Waals surface area contributed by atoms with Crippen LogP contribution in [0.3, 0.4) is 0 Å². The number of nitro groups is 1. The Kier molecular flexibility index (Phi) is 3.87. The van der Waals surface area contributed by atoms with Crippen molar-refractivity contribution in [2.24, 2.45) is 0 Å². The molecular weight excluding hydrogens is 323 g/mol. The van der Waals surface area contributed by atoms with Crippen LogP contribution in [-0.2, 0) is 10.0 Å². The van der Waals surface area contributed by atoms with Crippen LogP contribution in [0, 0.1) is 29.8 Å². The summed E-state index contributed by atoms with van der Waals surface area (Å²) < 4.78 is 40.0. The molecule has 1 heterocycles. The van der Waals surface area contributed by atoms with Crippen LogP contribution in [0.15, 0.2) is 17.0 Å². The van der Waals surface area contributed by atoms with Gasteiger partial charge < -0.3 is 0 Å². The second kappa shape index (κ2) is 5.33. The lowest BCUT2D eigenvalue weighted by atomic mass is 10.2. The van der Waals surface area contributed by atoms with Gasteiger partial charge in [0.25, 0.3) is 10.0 Å². The van der Waals surface area contributed by atoms with Gasteiger partial charge >= 0.3 is 5.69 Å². The molecule has 112 valence electrons. The van der Waals surface area contributed by atoms with Crippen LogP contribution >= 0.6 is 11.3 Å². The monoisotopic (exact) mass is 332 g/mol. The summed E-state index contributed by atoms with van der Waals surface area (Å²) in [6.07, 6.45) is 0. The van der Waals surface area contributed by atoms with Gasteiger partial charge in [-0.15, -0.1) is 10.2 Å². The lowest BCUT2D eigenvalue weighted by Gasteiger charge is -2.08. The fourth-order valence-corrected chi connectivity index (χ4v) is 3.65. The van der Waals surface area contributed by atoms with E-state index in [1.807, 2.05) is 0 Å². The SMILES string of the molecule is Cc1nnc(NS(=O)(=O)c2cc([N+](=O)[O-])c(F)cc2C)s1. The van der Waals surface area contributed by atoms with E-state index in [1.165, 1.54) is 6.92 Å². The van der Waals surface area contributed by atoms with Crippen molar-refractivity contribution in [3.05, 3.63) is 38.6 Å². The molecule has 21 heavy (non-hydrogen) atoms. The van der Waals surface area contributed by atoms with Crippen LogP contribution in [0.25, 0.3) is 0 Å². The second-order valence-electron chi connectivity index (χ2n) is 4.06. The Balaban J connectivity index is 2.49. The van der Waals surface area contributed by atoms with Crippen molar-refractivity contribution >= 4 is 32.2 Å². The molecule has 1 aromatic heterocycles. The zero-order valence-corrected chi connectivity index (χ0v) is 12.5. The zero-order chi connectivity index (χ0) is 15.8. The number of nitrogens with zero attached hydrogens (tertiary/aromatic N) is 3. The van der Waals surface area contributed by atoms with E-state index in [4.69, 9.17) is 0 Å². The third kappa shape index (κ3) is 3.13. The summed E-state index contributed by atoms with van der Waals surface area (Å²) >= 11 is 1.01. The number of hydrogen-bond acceptors (Lipinski definition) is 7. The minimum atomic E-state index is -4.12. The molecule has 2 aromatic rings. The summed E-state index contributed by atoms with van der Waals surface area (Å²) in [5, 5.41) is 18.5. The number of sulfonamides is 1. The van der Waals surface area contributed by atoms with E-state index in [2.05, 4.69) is 14.9 Å². The minimum Gasteiger partial charge on any atom is -0.258 e. The van der Waals surface area contributed by atoms with Crippen molar-refractivity contribution in [1.29, 1.82) is 0 Å². The Bertz CT molecular complexity index is 818. The maximum atomic E-state index is 13.4. The molecule has 0 saturated carbocycles. The van der Waals surface area contributed by atoms with Gasteiger partial charge in [0, 0.05) is 6.07 Å². The molecule has 8 nitrogen and oxygen atoms in total. The number of hydrogen-bond donors (Lipinski definition) is 1. The van der Waals surface area contributed by atoms with Crippen LogP contribution < -0.4 is 4.72 Å². The van der Waals surface area contributed by atoms with Crippen molar-refractivity contribution in [2.75, 3.05) is 4.72 Å². The lowest BCUT2D eigenvalue weighted by Crippen LogP contribution is -2.15. The molecule has 0 atom stereocenters. The van der Waals surface area contributed by atoms with Crippen molar-refractivity contribution < 1.29 is 17.7 Å². The topological polar surface area (TPSA) is 115 Å². The van der Waals surface area contributed by atoms with Gasteiger partial charge in [0.2, 0.25) is 10.9 Å². The van der Waals surface area contributed by atoms with Crippen molar-refractivity contribution in [1.82, 2.24) is 10.2 Å². The van der Waals surface area contributed by atoms with Crippen LogP contribution in [0.1, 0.15) is 10.6 Å². The molecule has 1 N–H and O–H groups in total. The first-order valence-electron chi connectivity index (χ1n) is 5.48. The molecule has 0 aliphatic carbocycles. The second-order valence-corrected chi connectivity index (χ2v) is 6.89. The highest BCUT2D eigenvalue weighted by atomic mass is 32.2. The molecule has 0 fully saturated rings. The van der Waals surface area contributed by atoms with Crippen LogP contribution in [0.2, 0.25) is 0 Å². The smallest absolute Gasteiger partial charge is 0.258 e. The number of halogens is 1.